The molecule has 3 aromatic heterocycles. The zero-order valence-corrected chi connectivity index (χ0v) is 14.8. The second kappa shape index (κ2) is 5.98. The van der Waals surface area contributed by atoms with Crippen LogP contribution in [0.25, 0.3) is 5.78 Å². The van der Waals surface area contributed by atoms with Gasteiger partial charge >= 0.3 is 6.18 Å². The normalized spacial score (nSPS) is 16.7. The van der Waals surface area contributed by atoms with E-state index in [1.165, 1.54) is 0 Å². The molecule has 0 radical (unpaired) electrons. The quantitative estimate of drug-likeness (QED) is 0.738. The molecule has 0 unspecified atom stereocenters. The summed E-state index contributed by atoms with van der Waals surface area (Å²) < 4.78 is 45.0. The molecular weight excluding hydrogens is 363 g/mol. The van der Waals surface area contributed by atoms with Gasteiger partial charge in [-0.2, -0.15) is 23.1 Å². The molecule has 3 aromatic rings. The topological polar surface area (TPSA) is 108 Å². The van der Waals surface area contributed by atoms with E-state index >= 15 is 0 Å². The van der Waals surface area contributed by atoms with Crippen LogP contribution in [0.15, 0.2) is 4.52 Å². The van der Waals surface area contributed by atoms with E-state index in [1.54, 1.807) is 13.8 Å². The van der Waals surface area contributed by atoms with Crippen molar-refractivity contribution >= 4 is 5.78 Å². The second-order valence-corrected chi connectivity index (χ2v) is 6.93. The molecule has 8 nitrogen and oxygen atoms in total. The van der Waals surface area contributed by atoms with Crippen LogP contribution in [0.1, 0.15) is 53.8 Å². The van der Waals surface area contributed by atoms with E-state index in [0.29, 0.717) is 35.9 Å². The van der Waals surface area contributed by atoms with E-state index in [4.69, 9.17) is 10.3 Å². The summed E-state index contributed by atoms with van der Waals surface area (Å²) in [6.07, 6.45) is -1.01. The van der Waals surface area contributed by atoms with Crippen molar-refractivity contribution in [3.63, 3.8) is 0 Å². The first-order valence-electron chi connectivity index (χ1n) is 8.59. The molecular formula is C16H18F3N7O. The van der Waals surface area contributed by atoms with Crippen LogP contribution in [0.2, 0.25) is 0 Å². The highest BCUT2D eigenvalue weighted by atomic mass is 19.4. The van der Waals surface area contributed by atoms with Gasteiger partial charge in [0.25, 0.3) is 11.6 Å². The molecule has 0 spiro atoms. The molecule has 2 N–H and O–H groups in total. The van der Waals surface area contributed by atoms with Gasteiger partial charge in [0.1, 0.15) is 0 Å². The molecule has 0 aromatic carbocycles. The summed E-state index contributed by atoms with van der Waals surface area (Å²) in [7, 11) is 0. The van der Waals surface area contributed by atoms with E-state index in [-0.39, 0.29) is 5.78 Å². The van der Waals surface area contributed by atoms with Gasteiger partial charge in [0.2, 0.25) is 5.89 Å². The van der Waals surface area contributed by atoms with Crippen molar-refractivity contribution in [1.29, 1.82) is 0 Å². The van der Waals surface area contributed by atoms with Gasteiger partial charge in [0, 0.05) is 17.8 Å². The predicted molar refractivity (Wildman–Crippen MR) is 86.7 cm³/mol. The van der Waals surface area contributed by atoms with Crippen molar-refractivity contribution in [2.24, 2.45) is 5.73 Å². The van der Waals surface area contributed by atoms with E-state index in [0.717, 1.165) is 29.3 Å². The van der Waals surface area contributed by atoms with Crippen molar-refractivity contribution in [1.82, 2.24) is 29.7 Å². The van der Waals surface area contributed by atoms with Gasteiger partial charge in [0.15, 0.2) is 5.82 Å². The Morgan fingerprint density at radius 3 is 2.52 bits per heavy atom. The van der Waals surface area contributed by atoms with Crippen LogP contribution in [-0.2, 0) is 24.6 Å². The number of rotatable bonds is 4. The number of hydrogen-bond acceptors (Lipinski definition) is 7. The predicted octanol–water partition coefficient (Wildman–Crippen LogP) is 2.27. The van der Waals surface area contributed by atoms with Gasteiger partial charge in [-0.15, -0.1) is 5.10 Å². The molecule has 1 aliphatic carbocycles. The standard InChI is InChI=1S/C16H18F3N7O/c1-8-10(4-5-11-22-12(25-27-11)15(20)6-3-7-15)9(2)26-14(21-8)23-13(24-26)16(17,18)19/h3-7,20H2,1-2H3. The van der Waals surface area contributed by atoms with Gasteiger partial charge in [-0.1, -0.05) is 5.16 Å². The zero-order chi connectivity index (χ0) is 19.4. The third-order valence-electron chi connectivity index (χ3n) is 5.05. The highest BCUT2D eigenvalue weighted by Crippen LogP contribution is 2.37. The van der Waals surface area contributed by atoms with Crippen molar-refractivity contribution in [2.45, 2.75) is 57.7 Å². The fraction of sp³-hybridized carbons (Fsp3) is 0.562. The third-order valence-corrected chi connectivity index (χ3v) is 5.05. The first-order valence-corrected chi connectivity index (χ1v) is 8.59. The lowest BCUT2D eigenvalue weighted by Gasteiger charge is -2.34. The van der Waals surface area contributed by atoms with Crippen LogP contribution in [0.4, 0.5) is 13.2 Å². The summed E-state index contributed by atoms with van der Waals surface area (Å²) in [5, 5.41) is 7.51. The van der Waals surface area contributed by atoms with Crippen molar-refractivity contribution in [3.05, 3.63) is 34.5 Å². The lowest BCUT2D eigenvalue weighted by molar-refractivity contribution is -0.144. The maximum atomic E-state index is 12.9. The summed E-state index contributed by atoms with van der Waals surface area (Å²) in [6.45, 7) is 3.42. The minimum absolute atomic E-state index is 0.0730. The Hall–Kier alpha value is -2.56. The first kappa shape index (κ1) is 17.8. The molecule has 1 aliphatic rings. The van der Waals surface area contributed by atoms with E-state index in [2.05, 4.69) is 25.2 Å². The Kier molecular flexibility index (Phi) is 3.95. The fourth-order valence-corrected chi connectivity index (χ4v) is 3.26. The van der Waals surface area contributed by atoms with Gasteiger partial charge in [-0.25, -0.2) is 9.50 Å². The summed E-state index contributed by atoms with van der Waals surface area (Å²) >= 11 is 0. The summed E-state index contributed by atoms with van der Waals surface area (Å²) in [5.74, 6) is -0.326. The molecule has 144 valence electrons. The van der Waals surface area contributed by atoms with Crippen LogP contribution >= 0.6 is 0 Å². The number of nitrogens with two attached hydrogens (primary N) is 1. The van der Waals surface area contributed by atoms with Crippen LogP contribution < -0.4 is 5.73 Å². The molecule has 0 aliphatic heterocycles. The number of hydrogen-bond donors (Lipinski definition) is 1. The minimum Gasteiger partial charge on any atom is -0.339 e. The highest BCUT2D eigenvalue weighted by Gasteiger charge is 2.39. The number of fused-ring (bicyclic) bond motifs is 1. The molecule has 11 heteroatoms. The van der Waals surface area contributed by atoms with Gasteiger partial charge < -0.3 is 10.3 Å². The third kappa shape index (κ3) is 3.05. The average molecular weight is 381 g/mol. The van der Waals surface area contributed by atoms with Crippen LogP contribution in [0.3, 0.4) is 0 Å². The van der Waals surface area contributed by atoms with Gasteiger partial charge in [0.05, 0.1) is 5.54 Å². The van der Waals surface area contributed by atoms with Gasteiger partial charge in [-0.05, 0) is 45.1 Å². The average Bonchev–Trinajstić information content (AvgIpc) is 3.19. The molecule has 0 amide bonds. The van der Waals surface area contributed by atoms with Crippen LogP contribution in [0.5, 0.6) is 0 Å². The second-order valence-electron chi connectivity index (χ2n) is 6.93. The van der Waals surface area contributed by atoms with Crippen molar-refractivity contribution in [3.8, 4) is 0 Å². The highest BCUT2D eigenvalue weighted by molar-refractivity contribution is 5.37. The smallest absolute Gasteiger partial charge is 0.339 e. The maximum absolute atomic E-state index is 12.9. The van der Waals surface area contributed by atoms with Crippen molar-refractivity contribution < 1.29 is 17.7 Å². The Morgan fingerprint density at radius 2 is 1.89 bits per heavy atom. The Bertz CT molecular complexity index is 1000. The SMILES string of the molecule is Cc1nc2nc(C(F)(F)F)nn2c(C)c1CCc1nc(C2(N)CCC2)no1. The number of nitrogens with zero attached hydrogens (tertiary/aromatic N) is 6. The summed E-state index contributed by atoms with van der Waals surface area (Å²) in [4.78, 5) is 12.0. The van der Waals surface area contributed by atoms with Crippen LogP contribution in [-0.4, -0.2) is 29.7 Å². The molecule has 4 rings (SSSR count). The summed E-state index contributed by atoms with van der Waals surface area (Å²) in [5.41, 5.74) is 7.60. The van der Waals surface area contributed by atoms with Crippen LogP contribution in [0, 0.1) is 13.8 Å². The molecule has 1 saturated carbocycles. The number of aromatic nitrogens is 6. The fourth-order valence-electron chi connectivity index (χ4n) is 3.26. The van der Waals surface area contributed by atoms with E-state index in [1.807, 2.05) is 0 Å². The number of halogens is 3. The monoisotopic (exact) mass is 381 g/mol. The Balaban J connectivity index is 1.58. The number of alkyl halides is 3. The van der Waals surface area contributed by atoms with Gasteiger partial charge in [-0.3, -0.25) is 0 Å². The van der Waals surface area contributed by atoms with E-state index in [9.17, 15) is 13.2 Å². The molecule has 0 atom stereocenters. The lowest BCUT2D eigenvalue weighted by atomic mass is 9.77. The molecule has 27 heavy (non-hydrogen) atoms. The molecule has 0 saturated heterocycles. The largest absolute Gasteiger partial charge is 0.453 e. The molecule has 1 fully saturated rings. The minimum atomic E-state index is -4.62. The zero-order valence-electron chi connectivity index (χ0n) is 14.8. The molecule has 0 bridgehead atoms. The van der Waals surface area contributed by atoms with E-state index < -0.39 is 17.5 Å². The lowest BCUT2D eigenvalue weighted by Crippen LogP contribution is -2.44. The Labute approximate surface area is 152 Å². The number of aryl methyl sites for hydroxylation is 3. The first-order chi connectivity index (χ1) is 12.7. The maximum Gasteiger partial charge on any atom is 0.453 e. The summed E-state index contributed by atoms with van der Waals surface area (Å²) in [6, 6.07) is 0. The Morgan fingerprint density at radius 1 is 1.15 bits per heavy atom. The van der Waals surface area contributed by atoms with Crippen molar-refractivity contribution in [2.75, 3.05) is 0 Å². The molecule has 3 heterocycles.